The highest BCUT2D eigenvalue weighted by Crippen LogP contribution is 2.58. The fourth-order valence-electron chi connectivity index (χ4n) is 2.75. The van der Waals surface area contributed by atoms with Gasteiger partial charge in [0.25, 0.3) is 0 Å². The van der Waals surface area contributed by atoms with Crippen LogP contribution >= 0.6 is 0 Å². The number of hydrogen-bond acceptors (Lipinski definition) is 3. The average Bonchev–Trinajstić information content (AvgIpc) is 3.12. The summed E-state index contributed by atoms with van der Waals surface area (Å²) in [5.41, 5.74) is -0.816. The van der Waals surface area contributed by atoms with E-state index < -0.39 is 11.9 Å². The molecule has 2 atom stereocenters. The molecule has 1 aromatic rings. The average molecular weight is 313 g/mol. The summed E-state index contributed by atoms with van der Waals surface area (Å²) in [6.45, 7) is 7.96. The molecular formula is C15H19BF3NO2. The maximum atomic E-state index is 12.5. The van der Waals surface area contributed by atoms with Crippen LogP contribution in [0.3, 0.4) is 0 Å². The second-order valence-electron chi connectivity index (χ2n) is 7.11. The Bertz CT molecular complexity index is 555. The molecule has 120 valence electrons. The Morgan fingerprint density at radius 1 is 1.14 bits per heavy atom. The molecule has 2 aliphatic rings. The van der Waals surface area contributed by atoms with E-state index in [1.165, 1.54) is 12.3 Å². The highest BCUT2D eigenvalue weighted by molar-refractivity contribution is 6.49. The third-order valence-electron chi connectivity index (χ3n) is 4.97. The van der Waals surface area contributed by atoms with E-state index in [1.54, 1.807) is 0 Å². The quantitative estimate of drug-likeness (QED) is 0.772. The first-order chi connectivity index (χ1) is 10.0. The summed E-state index contributed by atoms with van der Waals surface area (Å²) in [6, 6.07) is 2.54. The van der Waals surface area contributed by atoms with Crippen LogP contribution in [0.25, 0.3) is 0 Å². The number of rotatable bonds is 2. The highest BCUT2D eigenvalue weighted by Gasteiger charge is 2.59. The molecule has 0 amide bonds. The Morgan fingerprint density at radius 2 is 1.73 bits per heavy atom. The van der Waals surface area contributed by atoms with Gasteiger partial charge in [0, 0.05) is 12.0 Å². The van der Waals surface area contributed by atoms with E-state index in [4.69, 9.17) is 9.31 Å². The van der Waals surface area contributed by atoms with E-state index in [-0.39, 0.29) is 30.1 Å². The molecule has 0 aromatic carbocycles. The molecule has 0 N–H and O–H groups in total. The third-order valence-corrected chi connectivity index (χ3v) is 4.97. The van der Waals surface area contributed by atoms with E-state index in [0.29, 0.717) is 0 Å². The molecule has 0 radical (unpaired) electrons. The molecule has 1 aliphatic carbocycles. The van der Waals surface area contributed by atoms with E-state index in [0.717, 1.165) is 18.1 Å². The molecule has 2 heterocycles. The van der Waals surface area contributed by atoms with Crippen molar-refractivity contribution in [2.24, 2.45) is 0 Å². The van der Waals surface area contributed by atoms with Gasteiger partial charge >= 0.3 is 13.3 Å². The van der Waals surface area contributed by atoms with E-state index >= 15 is 0 Å². The van der Waals surface area contributed by atoms with Crippen molar-refractivity contribution in [1.82, 2.24) is 4.98 Å². The van der Waals surface area contributed by atoms with Crippen LogP contribution in [0.5, 0.6) is 0 Å². The molecule has 1 saturated heterocycles. The Morgan fingerprint density at radius 3 is 2.18 bits per heavy atom. The monoisotopic (exact) mass is 313 g/mol. The zero-order valence-electron chi connectivity index (χ0n) is 13.1. The molecule has 1 saturated carbocycles. The predicted octanol–water partition coefficient (Wildman–Crippen LogP) is 4.05. The minimum atomic E-state index is -4.40. The molecule has 1 aliphatic heterocycles. The zero-order chi connectivity index (χ0) is 16.3. The Hall–Kier alpha value is -1.08. The topological polar surface area (TPSA) is 31.4 Å². The lowest BCUT2D eigenvalue weighted by Crippen LogP contribution is -2.41. The van der Waals surface area contributed by atoms with Crippen LogP contribution in [0.15, 0.2) is 18.3 Å². The van der Waals surface area contributed by atoms with Crippen molar-refractivity contribution >= 4 is 7.12 Å². The van der Waals surface area contributed by atoms with Gasteiger partial charge in [0.1, 0.15) is 5.69 Å². The molecule has 0 bridgehead atoms. The van der Waals surface area contributed by atoms with Crippen LogP contribution < -0.4 is 0 Å². The van der Waals surface area contributed by atoms with Gasteiger partial charge in [-0.05, 0) is 51.7 Å². The van der Waals surface area contributed by atoms with Crippen LogP contribution in [0, 0.1) is 0 Å². The lowest BCUT2D eigenvalue weighted by Gasteiger charge is -2.32. The van der Waals surface area contributed by atoms with Crippen LogP contribution in [0.1, 0.15) is 51.3 Å². The lowest BCUT2D eigenvalue weighted by molar-refractivity contribution is -0.141. The zero-order valence-corrected chi connectivity index (χ0v) is 13.1. The van der Waals surface area contributed by atoms with Crippen molar-refractivity contribution in [3.63, 3.8) is 0 Å². The first kappa shape index (κ1) is 15.8. The number of pyridine rings is 1. The Labute approximate surface area is 128 Å². The standard InChI is InChI=1S/C15H19BF3NO2/c1-13(2)14(3,4)22-16(21-13)11-7-10(11)9-5-6-12(20-8-9)15(17,18)19/h5-6,8,10-11H,7H2,1-4H3/t10-,11+/m1/s1. The van der Waals surface area contributed by atoms with Crippen molar-refractivity contribution in [1.29, 1.82) is 0 Å². The number of halogens is 3. The van der Waals surface area contributed by atoms with Gasteiger partial charge in [-0.2, -0.15) is 13.2 Å². The molecule has 3 nitrogen and oxygen atoms in total. The van der Waals surface area contributed by atoms with Crippen molar-refractivity contribution in [2.75, 3.05) is 0 Å². The normalized spacial score (nSPS) is 29.7. The Kier molecular flexibility index (Phi) is 3.38. The van der Waals surface area contributed by atoms with Crippen LogP contribution in [-0.2, 0) is 15.5 Å². The first-order valence-corrected chi connectivity index (χ1v) is 7.40. The smallest absolute Gasteiger partial charge is 0.403 e. The van der Waals surface area contributed by atoms with Crippen molar-refractivity contribution in [3.05, 3.63) is 29.6 Å². The molecule has 7 heteroatoms. The van der Waals surface area contributed by atoms with Gasteiger partial charge in [0.2, 0.25) is 0 Å². The molecule has 0 spiro atoms. The van der Waals surface area contributed by atoms with E-state index in [1.807, 2.05) is 27.7 Å². The van der Waals surface area contributed by atoms with Crippen molar-refractivity contribution in [2.45, 2.75) is 63.2 Å². The summed E-state index contributed by atoms with van der Waals surface area (Å²) in [4.78, 5) is 3.52. The molecule has 3 rings (SSSR count). The van der Waals surface area contributed by atoms with Gasteiger partial charge in [-0.25, -0.2) is 0 Å². The molecule has 0 unspecified atom stereocenters. The largest absolute Gasteiger partial charge is 0.461 e. The van der Waals surface area contributed by atoms with Gasteiger partial charge < -0.3 is 9.31 Å². The summed E-state index contributed by atoms with van der Waals surface area (Å²) in [5, 5.41) is 0. The number of hydrogen-bond donors (Lipinski definition) is 0. The lowest BCUT2D eigenvalue weighted by atomic mass is 9.80. The molecule has 2 fully saturated rings. The fraction of sp³-hybridized carbons (Fsp3) is 0.667. The van der Waals surface area contributed by atoms with E-state index in [2.05, 4.69) is 4.98 Å². The molecule has 1 aromatic heterocycles. The molecule has 22 heavy (non-hydrogen) atoms. The summed E-state index contributed by atoms with van der Waals surface area (Å²) in [7, 11) is -0.308. The van der Waals surface area contributed by atoms with Gasteiger partial charge in [-0.1, -0.05) is 6.07 Å². The van der Waals surface area contributed by atoms with Crippen molar-refractivity contribution < 1.29 is 22.5 Å². The fourth-order valence-corrected chi connectivity index (χ4v) is 2.75. The number of aromatic nitrogens is 1. The predicted molar refractivity (Wildman–Crippen MR) is 76.4 cm³/mol. The first-order valence-electron chi connectivity index (χ1n) is 7.40. The SMILES string of the molecule is CC1(C)OB([C@H]2C[C@@H]2c2ccc(C(F)(F)F)nc2)OC1(C)C. The molecular weight excluding hydrogens is 294 g/mol. The van der Waals surface area contributed by atoms with Gasteiger partial charge in [0.05, 0.1) is 11.2 Å². The summed E-state index contributed by atoms with van der Waals surface area (Å²) < 4.78 is 49.6. The minimum Gasteiger partial charge on any atom is -0.403 e. The van der Waals surface area contributed by atoms with Crippen LogP contribution in [0.2, 0.25) is 5.82 Å². The summed E-state index contributed by atoms with van der Waals surface area (Å²) >= 11 is 0. The maximum absolute atomic E-state index is 12.5. The maximum Gasteiger partial charge on any atom is 0.461 e. The van der Waals surface area contributed by atoms with Crippen LogP contribution in [0.4, 0.5) is 13.2 Å². The Balaban J connectivity index is 1.68. The van der Waals surface area contributed by atoms with Gasteiger partial charge in [-0.3, -0.25) is 4.98 Å². The van der Waals surface area contributed by atoms with Gasteiger partial charge in [0.15, 0.2) is 0 Å². The second-order valence-corrected chi connectivity index (χ2v) is 7.11. The number of nitrogens with zero attached hydrogens (tertiary/aromatic N) is 1. The minimum absolute atomic E-state index is 0.157. The summed E-state index contributed by atoms with van der Waals surface area (Å²) in [6.07, 6.45) is -2.23. The van der Waals surface area contributed by atoms with E-state index in [9.17, 15) is 13.2 Å². The summed E-state index contributed by atoms with van der Waals surface area (Å²) in [5.74, 6) is 0.337. The second kappa shape index (κ2) is 4.71. The third kappa shape index (κ3) is 2.65. The highest BCUT2D eigenvalue weighted by atomic mass is 19.4. The van der Waals surface area contributed by atoms with Gasteiger partial charge in [-0.15, -0.1) is 0 Å². The van der Waals surface area contributed by atoms with Crippen LogP contribution in [-0.4, -0.2) is 23.3 Å². The number of alkyl halides is 3. The van der Waals surface area contributed by atoms with Crippen molar-refractivity contribution in [3.8, 4) is 0 Å².